The Balaban J connectivity index is 1.70. The van der Waals surface area contributed by atoms with Gasteiger partial charge in [-0.1, -0.05) is 0 Å². The molecule has 4 heteroatoms. The number of benzene rings is 1. The highest BCUT2D eigenvalue weighted by Gasteiger charge is 2.25. The molecular weight excluding hydrogens is 289 g/mol. The van der Waals surface area contributed by atoms with E-state index >= 15 is 0 Å². The first-order valence-electron chi connectivity index (χ1n) is 8.98. The lowest BCUT2D eigenvalue weighted by Gasteiger charge is -2.25. The molecule has 2 aliphatic heterocycles. The Bertz CT molecular complexity index is 700. The average Bonchev–Trinajstić information content (AvgIpc) is 2.88. The van der Waals surface area contributed by atoms with E-state index in [9.17, 15) is 4.39 Å². The van der Waals surface area contributed by atoms with E-state index in [4.69, 9.17) is 0 Å². The molecule has 4 rings (SSSR count). The highest BCUT2D eigenvalue weighted by atomic mass is 19.1. The Morgan fingerprint density at radius 2 is 2.04 bits per heavy atom. The van der Waals surface area contributed by atoms with Gasteiger partial charge in [-0.05, 0) is 69.0 Å². The molecule has 0 amide bonds. The molecule has 2 aliphatic rings. The van der Waals surface area contributed by atoms with Crippen LogP contribution in [-0.4, -0.2) is 24.2 Å². The maximum Gasteiger partial charge on any atom is 0.123 e. The summed E-state index contributed by atoms with van der Waals surface area (Å²) < 4.78 is 16.3. The van der Waals surface area contributed by atoms with E-state index in [1.165, 1.54) is 36.0 Å². The smallest absolute Gasteiger partial charge is 0.123 e. The summed E-state index contributed by atoms with van der Waals surface area (Å²) in [7, 11) is 0. The SMILES string of the molecule is CC1NCCc2c1c1cc(F)ccc1n2CCC1CCNCC1. The van der Waals surface area contributed by atoms with Gasteiger partial charge in [-0.3, -0.25) is 0 Å². The van der Waals surface area contributed by atoms with Gasteiger partial charge in [0.1, 0.15) is 5.82 Å². The summed E-state index contributed by atoms with van der Waals surface area (Å²) in [5.41, 5.74) is 3.95. The lowest BCUT2D eigenvalue weighted by Crippen LogP contribution is -2.29. The second-order valence-electron chi connectivity index (χ2n) is 7.08. The summed E-state index contributed by atoms with van der Waals surface area (Å²) in [6.07, 6.45) is 4.85. The number of nitrogens with one attached hydrogen (secondary N) is 2. The number of aromatic nitrogens is 1. The lowest BCUT2D eigenvalue weighted by molar-refractivity contribution is 0.337. The zero-order chi connectivity index (χ0) is 15.8. The van der Waals surface area contributed by atoms with Crippen LogP contribution < -0.4 is 10.6 Å². The largest absolute Gasteiger partial charge is 0.344 e. The van der Waals surface area contributed by atoms with Gasteiger partial charge in [0.15, 0.2) is 0 Å². The highest BCUT2D eigenvalue weighted by molar-refractivity contribution is 5.86. The third-order valence-corrected chi connectivity index (χ3v) is 5.64. The summed E-state index contributed by atoms with van der Waals surface area (Å²) in [5.74, 6) is 0.692. The Labute approximate surface area is 137 Å². The van der Waals surface area contributed by atoms with E-state index in [0.717, 1.165) is 43.9 Å². The molecular formula is C19H26FN3. The fraction of sp³-hybridized carbons (Fsp3) is 0.579. The fourth-order valence-corrected chi connectivity index (χ4v) is 4.41. The van der Waals surface area contributed by atoms with Crippen LogP contribution in [-0.2, 0) is 13.0 Å². The molecule has 2 aromatic rings. The van der Waals surface area contributed by atoms with Gasteiger partial charge < -0.3 is 15.2 Å². The van der Waals surface area contributed by atoms with Gasteiger partial charge in [-0.15, -0.1) is 0 Å². The molecule has 0 bridgehead atoms. The molecule has 1 aromatic heterocycles. The number of fused-ring (bicyclic) bond motifs is 3. The van der Waals surface area contributed by atoms with Crippen LogP contribution in [0.25, 0.3) is 10.9 Å². The zero-order valence-electron chi connectivity index (χ0n) is 13.9. The Morgan fingerprint density at radius 1 is 1.22 bits per heavy atom. The van der Waals surface area contributed by atoms with Gasteiger partial charge in [0, 0.05) is 42.1 Å². The minimum absolute atomic E-state index is 0.131. The summed E-state index contributed by atoms with van der Waals surface area (Å²) in [4.78, 5) is 0. The molecule has 1 unspecified atom stereocenters. The standard InChI is InChI=1S/C19H26FN3/c1-13-19-16-12-15(20)2-3-17(16)23(18(19)6-10-22-13)11-7-14-4-8-21-9-5-14/h2-3,12-14,21-22H,4-11H2,1H3. The number of rotatable bonds is 3. The van der Waals surface area contributed by atoms with Gasteiger partial charge >= 0.3 is 0 Å². The van der Waals surface area contributed by atoms with Crippen molar-refractivity contribution in [3.8, 4) is 0 Å². The molecule has 1 atom stereocenters. The summed E-state index contributed by atoms with van der Waals surface area (Å²) in [6.45, 7) is 6.58. The van der Waals surface area contributed by atoms with E-state index in [1.807, 2.05) is 6.07 Å². The van der Waals surface area contributed by atoms with Crippen LogP contribution in [0.2, 0.25) is 0 Å². The molecule has 3 nitrogen and oxygen atoms in total. The molecule has 2 N–H and O–H groups in total. The maximum atomic E-state index is 13.8. The van der Waals surface area contributed by atoms with Crippen LogP contribution in [0.3, 0.4) is 0 Å². The number of halogens is 1. The van der Waals surface area contributed by atoms with E-state index in [2.05, 4.69) is 22.1 Å². The third kappa shape index (κ3) is 2.79. The van der Waals surface area contributed by atoms with Crippen molar-refractivity contribution in [2.45, 2.75) is 45.2 Å². The van der Waals surface area contributed by atoms with Gasteiger partial charge in [-0.25, -0.2) is 4.39 Å². The number of hydrogen-bond acceptors (Lipinski definition) is 2. The summed E-state index contributed by atoms with van der Waals surface area (Å²) in [6, 6.07) is 5.60. The monoisotopic (exact) mass is 315 g/mol. The van der Waals surface area contributed by atoms with Crippen LogP contribution in [0.1, 0.15) is 43.5 Å². The molecule has 3 heterocycles. The molecule has 124 valence electrons. The fourth-order valence-electron chi connectivity index (χ4n) is 4.41. The molecule has 1 fully saturated rings. The summed E-state index contributed by atoms with van der Waals surface area (Å²) >= 11 is 0. The third-order valence-electron chi connectivity index (χ3n) is 5.64. The van der Waals surface area contributed by atoms with Crippen LogP contribution in [0.4, 0.5) is 4.39 Å². The van der Waals surface area contributed by atoms with Crippen LogP contribution in [0.5, 0.6) is 0 Å². The average molecular weight is 315 g/mol. The predicted molar refractivity (Wildman–Crippen MR) is 92.2 cm³/mol. The van der Waals surface area contributed by atoms with Crippen molar-refractivity contribution in [2.75, 3.05) is 19.6 Å². The normalized spacial score (nSPS) is 22.4. The van der Waals surface area contributed by atoms with Gasteiger partial charge in [0.05, 0.1) is 0 Å². The Kier molecular flexibility index (Phi) is 4.12. The molecule has 0 saturated carbocycles. The molecule has 0 aliphatic carbocycles. The maximum absolute atomic E-state index is 13.8. The van der Waals surface area contributed by atoms with Gasteiger partial charge in [0.25, 0.3) is 0 Å². The first kappa shape index (κ1) is 15.2. The molecule has 0 radical (unpaired) electrons. The first-order valence-corrected chi connectivity index (χ1v) is 8.98. The molecule has 0 spiro atoms. The highest BCUT2D eigenvalue weighted by Crippen LogP contribution is 2.35. The van der Waals surface area contributed by atoms with Crippen LogP contribution in [0, 0.1) is 11.7 Å². The Morgan fingerprint density at radius 3 is 2.87 bits per heavy atom. The van der Waals surface area contributed by atoms with Gasteiger partial charge in [-0.2, -0.15) is 0 Å². The molecule has 1 saturated heterocycles. The van der Waals surface area contributed by atoms with E-state index < -0.39 is 0 Å². The minimum atomic E-state index is -0.131. The number of aryl methyl sites for hydroxylation is 1. The van der Waals surface area contributed by atoms with Crippen molar-refractivity contribution in [3.05, 3.63) is 35.3 Å². The van der Waals surface area contributed by atoms with Crippen LogP contribution >= 0.6 is 0 Å². The molecule has 23 heavy (non-hydrogen) atoms. The van der Waals surface area contributed by atoms with E-state index in [0.29, 0.717) is 6.04 Å². The van der Waals surface area contributed by atoms with Gasteiger partial charge in [0.2, 0.25) is 0 Å². The second kappa shape index (κ2) is 6.25. The number of hydrogen-bond donors (Lipinski definition) is 2. The summed E-state index contributed by atoms with van der Waals surface area (Å²) in [5, 5.41) is 8.07. The lowest BCUT2D eigenvalue weighted by atomic mass is 9.94. The van der Waals surface area contributed by atoms with Crippen molar-refractivity contribution in [2.24, 2.45) is 5.92 Å². The number of piperidine rings is 1. The first-order chi connectivity index (χ1) is 11.2. The van der Waals surface area contributed by atoms with Crippen LogP contribution in [0.15, 0.2) is 18.2 Å². The van der Waals surface area contributed by atoms with Crippen molar-refractivity contribution in [1.29, 1.82) is 0 Å². The van der Waals surface area contributed by atoms with Crippen molar-refractivity contribution >= 4 is 10.9 Å². The topological polar surface area (TPSA) is 29.0 Å². The van der Waals surface area contributed by atoms with Crippen molar-refractivity contribution in [1.82, 2.24) is 15.2 Å². The number of nitrogens with zero attached hydrogens (tertiary/aromatic N) is 1. The predicted octanol–water partition coefficient (Wildman–Crippen LogP) is 3.38. The van der Waals surface area contributed by atoms with Crippen molar-refractivity contribution < 1.29 is 4.39 Å². The van der Waals surface area contributed by atoms with Crippen molar-refractivity contribution in [3.63, 3.8) is 0 Å². The second-order valence-corrected chi connectivity index (χ2v) is 7.08. The minimum Gasteiger partial charge on any atom is -0.344 e. The Hall–Kier alpha value is -1.39. The van der Waals surface area contributed by atoms with E-state index in [1.54, 1.807) is 12.1 Å². The zero-order valence-corrected chi connectivity index (χ0v) is 13.9. The quantitative estimate of drug-likeness (QED) is 0.909. The van der Waals surface area contributed by atoms with E-state index in [-0.39, 0.29) is 5.82 Å². The molecule has 1 aromatic carbocycles.